The van der Waals surface area contributed by atoms with Gasteiger partial charge in [-0.25, -0.2) is 4.98 Å². The van der Waals surface area contributed by atoms with Crippen LogP contribution in [0.4, 0.5) is 5.69 Å². The van der Waals surface area contributed by atoms with Crippen LogP contribution in [-0.4, -0.2) is 20.4 Å². The number of aryl methyl sites for hydroxylation is 2. The van der Waals surface area contributed by atoms with Crippen LogP contribution in [-0.2, 0) is 22.7 Å². The Morgan fingerprint density at radius 1 is 1.31 bits per heavy atom. The minimum atomic E-state index is -0.587. The van der Waals surface area contributed by atoms with E-state index in [0.29, 0.717) is 15.8 Å². The zero-order chi connectivity index (χ0) is 18.8. The normalized spacial score (nSPS) is 10.8. The molecule has 3 aromatic rings. The summed E-state index contributed by atoms with van der Waals surface area (Å²) in [5.41, 5.74) is 1.18. The van der Waals surface area contributed by atoms with Crippen LogP contribution >= 0.6 is 11.3 Å². The average Bonchev–Trinajstić information content (AvgIpc) is 2.91. The first-order chi connectivity index (χ1) is 12.4. The first-order valence-corrected chi connectivity index (χ1v) is 8.52. The standard InChI is InChI=1S/C17H15N3O5S/c1-10-11(2)26-16-15(10)17(22)19(9-18-16)7-14(21)25-8-12-3-5-13(6-4-12)20(23)24/h3-6,9H,7-8H2,1-2H3. The Morgan fingerprint density at radius 3 is 2.65 bits per heavy atom. The number of non-ortho nitro benzene ring substituents is 1. The molecule has 0 N–H and O–H groups in total. The summed E-state index contributed by atoms with van der Waals surface area (Å²) in [6, 6.07) is 5.71. The van der Waals surface area contributed by atoms with E-state index >= 15 is 0 Å². The van der Waals surface area contributed by atoms with E-state index in [4.69, 9.17) is 4.74 Å². The highest BCUT2D eigenvalue weighted by atomic mass is 32.1. The Kier molecular flexibility index (Phi) is 4.81. The molecule has 0 atom stereocenters. The lowest BCUT2D eigenvalue weighted by molar-refractivity contribution is -0.384. The topological polar surface area (TPSA) is 104 Å². The van der Waals surface area contributed by atoms with Gasteiger partial charge in [0, 0.05) is 17.0 Å². The van der Waals surface area contributed by atoms with E-state index in [-0.39, 0.29) is 24.4 Å². The van der Waals surface area contributed by atoms with Crippen LogP contribution in [0.3, 0.4) is 0 Å². The third kappa shape index (κ3) is 3.47. The average molecular weight is 373 g/mol. The first kappa shape index (κ1) is 17.7. The van der Waals surface area contributed by atoms with Crippen LogP contribution < -0.4 is 5.56 Å². The number of nitrogens with zero attached hydrogens (tertiary/aromatic N) is 3. The highest BCUT2D eigenvalue weighted by molar-refractivity contribution is 7.18. The summed E-state index contributed by atoms with van der Waals surface area (Å²) < 4.78 is 6.36. The lowest BCUT2D eigenvalue weighted by Crippen LogP contribution is -2.25. The van der Waals surface area contributed by atoms with Gasteiger partial charge in [0.2, 0.25) is 0 Å². The van der Waals surface area contributed by atoms with Crippen LogP contribution in [0.25, 0.3) is 10.2 Å². The van der Waals surface area contributed by atoms with Gasteiger partial charge in [-0.15, -0.1) is 11.3 Å². The summed E-state index contributed by atoms with van der Waals surface area (Å²) in [6.07, 6.45) is 1.34. The zero-order valence-corrected chi connectivity index (χ0v) is 14.9. The molecule has 0 spiro atoms. The Labute approximate surface area is 151 Å². The summed E-state index contributed by atoms with van der Waals surface area (Å²) in [7, 11) is 0. The van der Waals surface area contributed by atoms with E-state index in [9.17, 15) is 19.7 Å². The van der Waals surface area contributed by atoms with Crippen molar-refractivity contribution >= 4 is 33.2 Å². The maximum atomic E-state index is 12.5. The molecule has 0 radical (unpaired) electrons. The second-order valence-corrected chi connectivity index (χ2v) is 6.93. The maximum Gasteiger partial charge on any atom is 0.326 e. The van der Waals surface area contributed by atoms with E-state index in [1.165, 1.54) is 46.5 Å². The number of carbonyl (C=O) groups excluding carboxylic acids is 1. The summed E-state index contributed by atoms with van der Waals surface area (Å²) in [5.74, 6) is -0.587. The first-order valence-electron chi connectivity index (χ1n) is 7.71. The molecule has 1 aromatic carbocycles. The minimum Gasteiger partial charge on any atom is -0.459 e. The fourth-order valence-electron chi connectivity index (χ4n) is 2.45. The number of nitro groups is 1. The van der Waals surface area contributed by atoms with Gasteiger partial charge in [0.05, 0.1) is 16.6 Å². The van der Waals surface area contributed by atoms with E-state index in [1.807, 2.05) is 13.8 Å². The molecule has 0 aliphatic heterocycles. The molecular formula is C17H15N3O5S. The van der Waals surface area contributed by atoms with E-state index in [1.54, 1.807) is 0 Å². The number of benzene rings is 1. The van der Waals surface area contributed by atoms with Gasteiger partial charge in [0.25, 0.3) is 11.2 Å². The van der Waals surface area contributed by atoms with Crippen molar-refractivity contribution in [2.75, 3.05) is 0 Å². The van der Waals surface area contributed by atoms with Crippen molar-refractivity contribution in [3.63, 3.8) is 0 Å². The molecule has 2 aromatic heterocycles. The van der Waals surface area contributed by atoms with Crippen molar-refractivity contribution < 1.29 is 14.5 Å². The molecule has 0 aliphatic rings. The molecule has 26 heavy (non-hydrogen) atoms. The molecule has 2 heterocycles. The Hall–Kier alpha value is -3.07. The van der Waals surface area contributed by atoms with Crippen LogP contribution in [0.2, 0.25) is 0 Å². The number of aromatic nitrogens is 2. The molecular weight excluding hydrogens is 358 g/mol. The van der Waals surface area contributed by atoms with Crippen molar-refractivity contribution in [1.82, 2.24) is 9.55 Å². The molecule has 0 amide bonds. The minimum absolute atomic E-state index is 0.0299. The molecule has 8 nitrogen and oxygen atoms in total. The van der Waals surface area contributed by atoms with Gasteiger partial charge < -0.3 is 4.74 Å². The van der Waals surface area contributed by atoms with Crippen LogP contribution in [0.1, 0.15) is 16.0 Å². The lowest BCUT2D eigenvalue weighted by Gasteiger charge is -2.07. The second-order valence-electron chi connectivity index (χ2n) is 5.73. The quantitative estimate of drug-likeness (QED) is 0.387. The molecule has 0 aliphatic carbocycles. The number of esters is 1. The third-order valence-corrected chi connectivity index (χ3v) is 5.12. The number of carbonyl (C=O) groups is 1. The Bertz CT molecular complexity index is 1050. The summed E-state index contributed by atoms with van der Waals surface area (Å²) in [4.78, 5) is 40.6. The molecule has 9 heteroatoms. The van der Waals surface area contributed by atoms with Gasteiger partial charge in [0.15, 0.2) is 0 Å². The van der Waals surface area contributed by atoms with Gasteiger partial charge >= 0.3 is 5.97 Å². The number of ether oxygens (including phenoxy) is 1. The molecule has 0 saturated heterocycles. The summed E-state index contributed by atoms with van der Waals surface area (Å²) in [5, 5.41) is 11.1. The highest BCUT2D eigenvalue weighted by Gasteiger charge is 2.14. The fraction of sp³-hybridized carbons (Fsp3) is 0.235. The molecule has 0 bridgehead atoms. The van der Waals surface area contributed by atoms with E-state index < -0.39 is 10.9 Å². The van der Waals surface area contributed by atoms with Crippen LogP contribution in [0.5, 0.6) is 0 Å². The SMILES string of the molecule is Cc1sc2ncn(CC(=O)OCc3ccc([N+](=O)[O-])cc3)c(=O)c2c1C. The van der Waals surface area contributed by atoms with Crippen molar-refractivity contribution in [2.45, 2.75) is 27.0 Å². The van der Waals surface area contributed by atoms with Gasteiger partial charge in [-0.3, -0.25) is 24.3 Å². The number of hydrogen-bond donors (Lipinski definition) is 0. The summed E-state index contributed by atoms with van der Waals surface area (Å²) in [6.45, 7) is 3.50. The van der Waals surface area contributed by atoms with E-state index in [2.05, 4.69) is 4.98 Å². The van der Waals surface area contributed by atoms with E-state index in [0.717, 1.165) is 10.4 Å². The smallest absolute Gasteiger partial charge is 0.326 e. The molecule has 3 rings (SSSR count). The van der Waals surface area contributed by atoms with Crippen molar-refractivity contribution in [2.24, 2.45) is 0 Å². The molecule has 0 unspecified atom stereocenters. The second kappa shape index (κ2) is 7.04. The predicted molar refractivity (Wildman–Crippen MR) is 96.2 cm³/mol. The van der Waals surface area contributed by atoms with Gasteiger partial charge in [0.1, 0.15) is 18.0 Å². The molecule has 0 saturated carbocycles. The van der Waals surface area contributed by atoms with Gasteiger partial charge in [-0.2, -0.15) is 0 Å². The predicted octanol–water partition coefficient (Wildman–Crippen LogP) is 2.73. The van der Waals surface area contributed by atoms with Crippen LogP contribution in [0, 0.1) is 24.0 Å². The lowest BCUT2D eigenvalue weighted by atomic mass is 10.2. The highest BCUT2D eigenvalue weighted by Crippen LogP contribution is 2.25. The third-order valence-electron chi connectivity index (χ3n) is 4.00. The van der Waals surface area contributed by atoms with Gasteiger partial charge in [-0.05, 0) is 37.1 Å². The fourth-order valence-corrected chi connectivity index (χ4v) is 3.43. The largest absolute Gasteiger partial charge is 0.459 e. The maximum absolute atomic E-state index is 12.5. The van der Waals surface area contributed by atoms with Crippen molar-refractivity contribution in [3.8, 4) is 0 Å². The Morgan fingerprint density at radius 2 is 2.00 bits per heavy atom. The van der Waals surface area contributed by atoms with Crippen LogP contribution in [0.15, 0.2) is 35.4 Å². The number of thiophene rings is 1. The molecule has 0 fully saturated rings. The van der Waals surface area contributed by atoms with Gasteiger partial charge in [-0.1, -0.05) is 0 Å². The number of rotatable bonds is 5. The van der Waals surface area contributed by atoms with Crippen molar-refractivity contribution in [3.05, 3.63) is 67.1 Å². The monoisotopic (exact) mass is 373 g/mol. The summed E-state index contributed by atoms with van der Waals surface area (Å²) >= 11 is 1.44. The molecule has 134 valence electrons. The van der Waals surface area contributed by atoms with Crippen molar-refractivity contribution in [1.29, 1.82) is 0 Å². The number of fused-ring (bicyclic) bond motifs is 1. The Balaban J connectivity index is 1.69. The number of nitro benzene ring substituents is 1. The number of hydrogen-bond acceptors (Lipinski definition) is 7. The zero-order valence-electron chi connectivity index (χ0n) is 14.1.